The summed E-state index contributed by atoms with van der Waals surface area (Å²) in [6, 6.07) is 5.83. The molecular formula is C16H24N6O2. The number of fused-ring (bicyclic) bond motifs is 1. The number of ether oxygens (including phenoxy) is 2. The van der Waals surface area contributed by atoms with Gasteiger partial charge in [-0.2, -0.15) is 0 Å². The van der Waals surface area contributed by atoms with Crippen LogP contribution in [-0.4, -0.2) is 60.1 Å². The van der Waals surface area contributed by atoms with Crippen LogP contribution in [0, 0.1) is 0 Å². The molecule has 1 saturated heterocycles. The highest BCUT2D eigenvalue weighted by molar-refractivity contribution is 5.79. The zero-order valence-corrected chi connectivity index (χ0v) is 14.2. The van der Waals surface area contributed by atoms with E-state index in [2.05, 4.69) is 25.8 Å². The van der Waals surface area contributed by atoms with Crippen molar-refractivity contribution in [2.75, 3.05) is 33.9 Å². The Labute approximate surface area is 141 Å². The van der Waals surface area contributed by atoms with Crippen molar-refractivity contribution in [2.24, 2.45) is 4.99 Å². The van der Waals surface area contributed by atoms with Crippen LogP contribution in [-0.2, 0) is 16.0 Å². The molecule has 8 heteroatoms. The molecule has 8 nitrogen and oxygen atoms in total. The Bertz CT molecular complexity index is 693. The molecule has 0 atom stereocenters. The molecule has 0 amide bonds. The van der Waals surface area contributed by atoms with Gasteiger partial charge in [0.05, 0.1) is 12.1 Å². The van der Waals surface area contributed by atoms with Gasteiger partial charge in [-0.15, -0.1) is 10.2 Å². The van der Waals surface area contributed by atoms with Crippen molar-refractivity contribution in [3.8, 4) is 0 Å². The van der Waals surface area contributed by atoms with Gasteiger partial charge < -0.3 is 20.1 Å². The van der Waals surface area contributed by atoms with E-state index in [1.54, 1.807) is 14.2 Å². The van der Waals surface area contributed by atoms with Gasteiger partial charge in [0, 0.05) is 53.0 Å². The van der Waals surface area contributed by atoms with E-state index in [0.29, 0.717) is 19.0 Å². The van der Waals surface area contributed by atoms with Gasteiger partial charge in [-0.25, -0.2) is 0 Å². The molecule has 2 N–H and O–H groups in total. The monoisotopic (exact) mass is 332 g/mol. The molecule has 0 aromatic carbocycles. The number of pyridine rings is 1. The fourth-order valence-corrected chi connectivity index (χ4v) is 2.84. The second-order valence-electron chi connectivity index (χ2n) is 5.82. The molecule has 0 aliphatic carbocycles. The Hall–Kier alpha value is -2.19. The van der Waals surface area contributed by atoms with E-state index >= 15 is 0 Å². The van der Waals surface area contributed by atoms with Crippen molar-refractivity contribution in [3.05, 3.63) is 30.2 Å². The first kappa shape index (κ1) is 16.7. The average Bonchev–Trinajstić information content (AvgIpc) is 3.06. The molecule has 2 aromatic heterocycles. The molecule has 3 rings (SSSR count). The highest BCUT2D eigenvalue weighted by Crippen LogP contribution is 2.23. The summed E-state index contributed by atoms with van der Waals surface area (Å²) in [5.74, 6) is 1.55. The van der Waals surface area contributed by atoms with E-state index in [1.807, 2.05) is 28.8 Å². The molecule has 0 unspecified atom stereocenters. The zero-order chi connectivity index (χ0) is 16.8. The van der Waals surface area contributed by atoms with Gasteiger partial charge in [-0.3, -0.25) is 9.39 Å². The van der Waals surface area contributed by atoms with Gasteiger partial charge in [-0.05, 0) is 12.1 Å². The Morgan fingerprint density at radius 2 is 2.17 bits per heavy atom. The van der Waals surface area contributed by atoms with E-state index in [9.17, 15) is 0 Å². The van der Waals surface area contributed by atoms with Crippen LogP contribution in [0.15, 0.2) is 29.4 Å². The van der Waals surface area contributed by atoms with Gasteiger partial charge >= 0.3 is 0 Å². The zero-order valence-electron chi connectivity index (χ0n) is 14.2. The van der Waals surface area contributed by atoms with Crippen molar-refractivity contribution in [1.29, 1.82) is 0 Å². The van der Waals surface area contributed by atoms with Gasteiger partial charge in [0.15, 0.2) is 17.4 Å². The second-order valence-corrected chi connectivity index (χ2v) is 5.82. The van der Waals surface area contributed by atoms with Crippen molar-refractivity contribution < 1.29 is 9.47 Å². The lowest BCUT2D eigenvalue weighted by Gasteiger charge is -2.36. The minimum absolute atomic E-state index is 0.197. The average molecular weight is 332 g/mol. The number of rotatable bonds is 5. The van der Waals surface area contributed by atoms with Crippen LogP contribution in [0.3, 0.4) is 0 Å². The first-order valence-corrected chi connectivity index (χ1v) is 8.12. The summed E-state index contributed by atoms with van der Waals surface area (Å²) in [7, 11) is 3.51. The molecule has 3 heterocycles. The van der Waals surface area contributed by atoms with Crippen molar-refractivity contribution >= 4 is 11.6 Å². The lowest BCUT2D eigenvalue weighted by atomic mass is 9.94. The molecular weight excluding hydrogens is 308 g/mol. The summed E-state index contributed by atoms with van der Waals surface area (Å²) in [6.45, 7) is 2.68. The van der Waals surface area contributed by atoms with Crippen molar-refractivity contribution in [2.45, 2.75) is 25.0 Å². The maximum Gasteiger partial charge on any atom is 0.191 e. The number of guanidine groups is 1. The number of nitrogens with one attached hydrogen (secondary N) is 2. The second kappa shape index (κ2) is 7.59. The third-order valence-corrected chi connectivity index (χ3v) is 4.44. The van der Waals surface area contributed by atoms with Crippen molar-refractivity contribution in [1.82, 2.24) is 25.2 Å². The lowest BCUT2D eigenvalue weighted by molar-refractivity contribution is -0.0855. The Morgan fingerprint density at radius 1 is 1.33 bits per heavy atom. The minimum atomic E-state index is -0.197. The first-order valence-electron chi connectivity index (χ1n) is 8.12. The summed E-state index contributed by atoms with van der Waals surface area (Å²) < 4.78 is 13.1. The SMILES string of the molecule is CN=C(NCc1nnc2ccccn12)NCC1(OC)CCOCC1. The fraction of sp³-hybridized carbons (Fsp3) is 0.562. The lowest BCUT2D eigenvalue weighted by Crippen LogP contribution is -2.50. The number of aromatic nitrogens is 3. The van der Waals surface area contributed by atoms with Crippen LogP contribution in [0.25, 0.3) is 5.65 Å². The van der Waals surface area contributed by atoms with Crippen LogP contribution < -0.4 is 10.6 Å². The molecule has 1 aliphatic rings. The normalized spacial score (nSPS) is 17.8. The molecule has 0 bridgehead atoms. The van der Waals surface area contributed by atoms with Crippen molar-refractivity contribution in [3.63, 3.8) is 0 Å². The topological polar surface area (TPSA) is 85.1 Å². The van der Waals surface area contributed by atoms with E-state index in [4.69, 9.17) is 9.47 Å². The van der Waals surface area contributed by atoms with Crippen LogP contribution >= 0.6 is 0 Å². The number of hydrogen-bond acceptors (Lipinski definition) is 5. The van der Waals surface area contributed by atoms with E-state index in [1.165, 1.54) is 0 Å². The van der Waals surface area contributed by atoms with Gasteiger partial charge in [-0.1, -0.05) is 6.07 Å². The molecule has 24 heavy (non-hydrogen) atoms. The Balaban J connectivity index is 1.57. The Morgan fingerprint density at radius 3 is 2.92 bits per heavy atom. The van der Waals surface area contributed by atoms with Crippen LogP contribution in [0.5, 0.6) is 0 Å². The fourth-order valence-electron chi connectivity index (χ4n) is 2.84. The van der Waals surface area contributed by atoms with E-state index in [-0.39, 0.29) is 5.60 Å². The van der Waals surface area contributed by atoms with E-state index in [0.717, 1.165) is 37.5 Å². The summed E-state index contributed by atoms with van der Waals surface area (Å²) >= 11 is 0. The minimum Gasteiger partial charge on any atom is -0.381 e. The highest BCUT2D eigenvalue weighted by atomic mass is 16.5. The maximum atomic E-state index is 5.73. The first-order chi connectivity index (χ1) is 11.8. The Kier molecular flexibility index (Phi) is 5.27. The standard InChI is InChI=1S/C16H24N6O2/c1-17-15(19-12-16(23-2)6-9-24-10-7-16)18-11-14-21-20-13-5-3-4-8-22(13)14/h3-5,8H,6-7,9-12H2,1-2H3,(H2,17,18,19). The number of hydrogen-bond donors (Lipinski definition) is 2. The largest absolute Gasteiger partial charge is 0.381 e. The molecule has 0 spiro atoms. The van der Waals surface area contributed by atoms with Crippen LogP contribution in [0.4, 0.5) is 0 Å². The highest BCUT2D eigenvalue weighted by Gasteiger charge is 2.32. The van der Waals surface area contributed by atoms with E-state index < -0.39 is 0 Å². The number of nitrogens with zero attached hydrogens (tertiary/aromatic N) is 4. The smallest absolute Gasteiger partial charge is 0.191 e. The molecule has 1 aliphatic heterocycles. The predicted molar refractivity (Wildman–Crippen MR) is 91.0 cm³/mol. The maximum absolute atomic E-state index is 5.73. The van der Waals surface area contributed by atoms with Crippen LogP contribution in [0.1, 0.15) is 18.7 Å². The predicted octanol–water partition coefficient (Wildman–Crippen LogP) is 0.590. The van der Waals surface area contributed by atoms with Gasteiger partial charge in [0.1, 0.15) is 0 Å². The number of methoxy groups -OCH3 is 1. The third-order valence-electron chi connectivity index (χ3n) is 4.44. The molecule has 2 aromatic rings. The summed E-state index contributed by atoms with van der Waals surface area (Å²) in [4.78, 5) is 4.27. The summed E-state index contributed by atoms with van der Waals surface area (Å²) in [6.07, 6.45) is 3.70. The molecule has 0 saturated carbocycles. The third kappa shape index (κ3) is 3.65. The van der Waals surface area contributed by atoms with Crippen LogP contribution in [0.2, 0.25) is 0 Å². The number of aliphatic imine (C=N–C) groups is 1. The quantitative estimate of drug-likeness (QED) is 0.616. The molecule has 0 radical (unpaired) electrons. The summed E-state index contributed by atoms with van der Waals surface area (Å²) in [5, 5.41) is 15.0. The van der Waals surface area contributed by atoms with Gasteiger partial charge in [0.25, 0.3) is 0 Å². The van der Waals surface area contributed by atoms with Gasteiger partial charge in [0.2, 0.25) is 0 Å². The summed E-state index contributed by atoms with van der Waals surface area (Å²) in [5.41, 5.74) is 0.634. The molecule has 130 valence electrons. The molecule has 1 fully saturated rings.